The third kappa shape index (κ3) is 46.0. The quantitative estimate of drug-likeness (QED) is 0.0114. The number of carbonyl (C=O) groups excluding carboxylic acids is 4. The molecular formula is C76H119F9N16O28. The van der Waals surface area contributed by atoms with Crippen LogP contribution in [0.15, 0.2) is 42.3 Å². The van der Waals surface area contributed by atoms with E-state index < -0.39 is 120 Å². The second-order valence-corrected chi connectivity index (χ2v) is 29.0. The van der Waals surface area contributed by atoms with Gasteiger partial charge in [-0.05, 0) is 18.4 Å². The maximum Gasteiger partial charge on any atom is 0.434 e. The van der Waals surface area contributed by atoms with E-state index in [0.29, 0.717) is 37.9 Å². The number of halogens is 9. The monoisotopic (exact) mass is 1870 g/mol. The summed E-state index contributed by atoms with van der Waals surface area (Å²) in [6.45, 7) is 2.26. The van der Waals surface area contributed by atoms with Crippen LogP contribution in [0.1, 0.15) is 62.0 Å². The molecule has 3 fully saturated rings. The molecule has 0 unspecified atom stereocenters. The van der Waals surface area contributed by atoms with E-state index in [0.717, 1.165) is 18.6 Å². The van der Waals surface area contributed by atoms with Gasteiger partial charge in [-0.1, -0.05) is 11.5 Å². The van der Waals surface area contributed by atoms with Crippen LogP contribution in [0, 0.1) is 0 Å². The van der Waals surface area contributed by atoms with Crippen molar-refractivity contribution in [2.45, 2.75) is 142 Å². The van der Waals surface area contributed by atoms with Gasteiger partial charge >= 0.3 is 18.5 Å². The molecule has 0 spiro atoms. The van der Waals surface area contributed by atoms with Crippen LogP contribution in [0.3, 0.4) is 0 Å². The van der Waals surface area contributed by atoms with Gasteiger partial charge in [0, 0.05) is 56.8 Å². The van der Waals surface area contributed by atoms with Crippen molar-refractivity contribution >= 4 is 41.1 Å². The second kappa shape index (κ2) is 62.6. The number of amides is 4. The summed E-state index contributed by atoms with van der Waals surface area (Å²) in [7, 11) is 0. The molecule has 6 rings (SSSR count). The Morgan fingerprint density at radius 1 is 0.364 bits per heavy atom. The number of aliphatic hydroxyl groups is 6. The van der Waals surface area contributed by atoms with Crippen molar-refractivity contribution in [3.05, 3.63) is 64.7 Å². The van der Waals surface area contributed by atoms with Crippen molar-refractivity contribution in [3.63, 3.8) is 0 Å². The number of carbonyl (C=O) groups is 4. The number of nitrogens with zero attached hydrogens (tertiary/aromatic N) is 9. The van der Waals surface area contributed by atoms with E-state index in [1.807, 2.05) is 0 Å². The fourth-order valence-electron chi connectivity index (χ4n) is 12.0. The number of unbranched alkanes of at least 4 members (excludes halogenated alkanes) is 2. The maximum atomic E-state index is 13.7. The number of anilines is 3. The number of rotatable bonds is 70. The fourth-order valence-corrected chi connectivity index (χ4v) is 12.0. The van der Waals surface area contributed by atoms with Gasteiger partial charge in [-0.15, -0.1) is 0 Å². The van der Waals surface area contributed by atoms with Gasteiger partial charge in [-0.25, -0.2) is 15.0 Å². The van der Waals surface area contributed by atoms with Gasteiger partial charge in [0.05, 0.1) is 273 Å². The molecule has 0 aliphatic carbocycles. The standard InChI is InChI=1S/C76H119F9N16O28/c77-74(78,79)57-36-87-39-60(97-57)94-51-42-127-54(70(109)67(51)106)45-121-33-30-118-27-24-115-21-18-112-15-9-90-63(102)5-12-124-48-73(100-66(105)4-2-1-3-8-93-101-86,49-125-13-6-64(103)91-10-16-113-19-22-116-25-28-119-31-34-122-46-55-71(110)68(107)52(43-128-55)95-61-40-88-37-58(98-61)75(80,81)82)50-126-14-7-65(104)92-11-17-114-20-23-117-26-29-120-32-35-123-47-56-72(111)69(108)53(44-129-56)96-62-41-89-38-59(99-62)76(83,84)85/h36-41,51-56,67-72,106-111H,1-35,42-50H2,(H,90,102)(H,91,103)(H,92,104)(H,94,97)(H,95,98)(H,96,99)(H,100,105)/t51-,52-,53-,54+,55+,56+,67+,68+,69+,70-,71-,72-/m0/s1. The highest BCUT2D eigenvalue weighted by Gasteiger charge is 2.44. The van der Waals surface area contributed by atoms with Crippen LogP contribution in [0.5, 0.6) is 0 Å². The third-order valence-corrected chi connectivity index (χ3v) is 18.8. The fraction of sp³-hybridized carbons (Fsp3) is 0.789. The first kappa shape index (κ1) is 110. The molecule has 734 valence electrons. The Balaban J connectivity index is 0.839. The first-order chi connectivity index (χ1) is 62.0. The Morgan fingerprint density at radius 2 is 0.643 bits per heavy atom. The molecule has 53 heteroatoms. The Morgan fingerprint density at radius 3 is 0.922 bits per heavy atom. The SMILES string of the molecule is [N-]=[N+]=NCCCCCC(=O)NC(COCCC(=O)NCCOCCOCCOCCOC[C@H]1OC[C@H](Nc2cncc(C(F)(F)F)n2)[C@@H](O)[C@H]1O)(COCCC(=O)NCCOCCOCCOCCOC[C@H]1OC[C@H](Nc2cncc(C(F)(F)F)n2)[C@@H](O)[C@H]1O)COCCC(=O)NCCOCCOCCOCCOC[C@H]1OC[C@H](Nc2cncc(C(F)(F)F)n2)[C@@H](O)[C@H]1O. The largest absolute Gasteiger partial charge is 0.434 e. The lowest BCUT2D eigenvalue weighted by molar-refractivity contribution is -0.161. The molecule has 3 aliphatic rings. The molecule has 12 atom stereocenters. The molecule has 4 amide bonds. The van der Waals surface area contributed by atoms with Crippen molar-refractivity contribution in [2.24, 2.45) is 5.11 Å². The van der Waals surface area contributed by atoms with E-state index in [1.54, 1.807) is 0 Å². The van der Waals surface area contributed by atoms with Gasteiger partial charge in [0.1, 0.15) is 77.9 Å². The summed E-state index contributed by atoms with van der Waals surface area (Å²) in [5.41, 5.74) is 3.59. The molecule has 3 aromatic rings. The van der Waals surface area contributed by atoms with Gasteiger partial charge in [0.15, 0.2) is 17.1 Å². The molecule has 3 aromatic heterocycles. The minimum Gasteiger partial charge on any atom is -0.388 e. The predicted molar refractivity (Wildman–Crippen MR) is 427 cm³/mol. The summed E-state index contributed by atoms with van der Waals surface area (Å²) in [5.74, 6) is -2.36. The maximum absolute atomic E-state index is 13.7. The molecule has 6 heterocycles. The van der Waals surface area contributed by atoms with Crippen LogP contribution >= 0.6 is 0 Å². The Hall–Kier alpha value is -7.76. The van der Waals surface area contributed by atoms with Crippen LogP contribution in [0.2, 0.25) is 0 Å². The average molecular weight is 1880 g/mol. The minimum atomic E-state index is -4.73. The van der Waals surface area contributed by atoms with E-state index in [-0.39, 0.29) is 305 Å². The highest BCUT2D eigenvalue weighted by molar-refractivity contribution is 5.77. The lowest BCUT2D eigenvalue weighted by Crippen LogP contribution is -2.58. The van der Waals surface area contributed by atoms with Crippen LogP contribution in [0.4, 0.5) is 57.0 Å². The Labute approximate surface area is 736 Å². The molecule has 129 heavy (non-hydrogen) atoms. The molecule has 3 aliphatic heterocycles. The highest BCUT2D eigenvalue weighted by atomic mass is 19.4. The number of hydrogen-bond donors (Lipinski definition) is 13. The third-order valence-electron chi connectivity index (χ3n) is 18.8. The number of hydrogen-bond acceptors (Lipinski definition) is 38. The van der Waals surface area contributed by atoms with Gasteiger partial charge in [-0.2, -0.15) is 39.5 Å². The zero-order valence-electron chi connectivity index (χ0n) is 71.1. The molecule has 44 nitrogen and oxygen atoms in total. The second-order valence-electron chi connectivity index (χ2n) is 29.0. The molecule has 0 aromatic carbocycles. The van der Waals surface area contributed by atoms with Gasteiger partial charge in [0.2, 0.25) is 23.6 Å². The smallest absolute Gasteiger partial charge is 0.388 e. The summed E-state index contributed by atoms with van der Waals surface area (Å²) < 4.78 is 219. The van der Waals surface area contributed by atoms with E-state index in [2.05, 4.69) is 77.1 Å². The lowest BCUT2D eigenvalue weighted by atomic mass is 9.98. The van der Waals surface area contributed by atoms with E-state index in [1.165, 1.54) is 0 Å². The molecular weight excluding hydrogens is 1760 g/mol. The summed E-state index contributed by atoms with van der Waals surface area (Å²) in [6.07, 6.45) is -19.5. The summed E-state index contributed by atoms with van der Waals surface area (Å²) in [6, 6.07) is -2.94. The van der Waals surface area contributed by atoms with E-state index in [9.17, 15) is 89.3 Å². The summed E-state index contributed by atoms with van der Waals surface area (Å²) in [4.78, 5) is 76.2. The van der Waals surface area contributed by atoms with Crippen molar-refractivity contribution in [1.82, 2.24) is 51.2 Å². The average Bonchev–Trinajstić information content (AvgIpc) is 0.830. The molecule has 0 radical (unpaired) electrons. The van der Waals surface area contributed by atoms with Crippen molar-refractivity contribution in [2.75, 3.05) is 260 Å². The zero-order chi connectivity index (χ0) is 93.4. The predicted octanol–water partition coefficient (Wildman–Crippen LogP) is -0.290. The van der Waals surface area contributed by atoms with Crippen molar-refractivity contribution in [1.29, 1.82) is 0 Å². The number of alkyl halides is 9. The summed E-state index contributed by atoms with van der Waals surface area (Å²) in [5, 5.41) is 86.1. The van der Waals surface area contributed by atoms with Crippen molar-refractivity contribution in [3.8, 4) is 0 Å². The van der Waals surface area contributed by atoms with Crippen LogP contribution in [0.25, 0.3) is 10.4 Å². The number of ether oxygens (including phenoxy) is 18. The first-order valence-electron chi connectivity index (χ1n) is 41.7. The highest BCUT2D eigenvalue weighted by Crippen LogP contribution is 2.32. The van der Waals surface area contributed by atoms with Gasteiger partial charge in [-0.3, -0.25) is 34.1 Å². The zero-order valence-corrected chi connectivity index (χ0v) is 71.1. The molecule has 13 N–H and O–H groups in total. The van der Waals surface area contributed by atoms with E-state index >= 15 is 0 Å². The normalized spacial score (nSPS) is 21.0. The number of aromatic nitrogens is 6. The number of azide groups is 1. The molecule has 3 saturated heterocycles. The Kier molecular flexibility index (Phi) is 53.4. The summed E-state index contributed by atoms with van der Waals surface area (Å²) >= 11 is 0. The van der Waals surface area contributed by atoms with Crippen LogP contribution in [-0.2, 0) is 123 Å². The molecule has 0 saturated carbocycles. The van der Waals surface area contributed by atoms with E-state index in [4.69, 9.17) is 90.8 Å². The first-order valence-corrected chi connectivity index (χ1v) is 41.7. The molecule has 0 bridgehead atoms. The van der Waals surface area contributed by atoms with Crippen LogP contribution in [-0.4, -0.2) is 407 Å². The topological polar surface area (TPSA) is 566 Å². The number of nitrogens with one attached hydrogen (secondary N) is 7. The van der Waals surface area contributed by atoms with Crippen LogP contribution < -0.4 is 37.2 Å². The minimum absolute atomic E-state index is 0.0376. The van der Waals surface area contributed by atoms with Gasteiger partial charge in [0.25, 0.3) is 0 Å². The number of aliphatic hydroxyl groups excluding tert-OH is 6. The van der Waals surface area contributed by atoms with Crippen molar-refractivity contribution < 1.29 is 175 Å². The van der Waals surface area contributed by atoms with Gasteiger partial charge < -0.3 is 153 Å². The Bertz CT molecular complexity index is 3310. The lowest BCUT2D eigenvalue weighted by Gasteiger charge is -2.38.